The van der Waals surface area contributed by atoms with Crippen molar-refractivity contribution < 1.29 is 13.2 Å². The molecule has 8 nitrogen and oxygen atoms in total. The topological polar surface area (TPSA) is 77.1 Å². The van der Waals surface area contributed by atoms with Gasteiger partial charge in [-0.3, -0.25) is 4.79 Å². The second-order valence-corrected chi connectivity index (χ2v) is 11.1. The number of amides is 1. The monoisotopic (exact) mass is 455 g/mol. The maximum absolute atomic E-state index is 13.4. The van der Waals surface area contributed by atoms with Crippen LogP contribution in [0.5, 0.6) is 0 Å². The van der Waals surface area contributed by atoms with Gasteiger partial charge in [0.25, 0.3) is 0 Å². The molecule has 3 aliphatic rings. The van der Waals surface area contributed by atoms with Crippen molar-refractivity contribution in [2.75, 3.05) is 57.8 Å². The highest BCUT2D eigenvalue weighted by Gasteiger charge is 2.49. The first-order chi connectivity index (χ1) is 15.3. The summed E-state index contributed by atoms with van der Waals surface area (Å²) in [5.74, 6) is 0.891. The molecule has 1 unspecified atom stereocenters. The van der Waals surface area contributed by atoms with E-state index in [-0.39, 0.29) is 11.3 Å². The zero-order chi connectivity index (χ0) is 22.5. The Balaban J connectivity index is 1.56. The molecule has 0 bridgehead atoms. The second kappa shape index (κ2) is 7.83. The number of rotatable bonds is 3. The maximum Gasteiger partial charge on any atom is 0.243 e. The Bertz CT molecular complexity index is 1130. The zero-order valence-corrected chi connectivity index (χ0v) is 19.4. The third kappa shape index (κ3) is 3.48. The molecule has 170 valence electrons. The van der Waals surface area contributed by atoms with E-state index in [0.29, 0.717) is 37.6 Å². The van der Waals surface area contributed by atoms with E-state index in [1.165, 1.54) is 0 Å². The summed E-state index contributed by atoms with van der Waals surface area (Å²) in [7, 11) is -1.56. The Labute approximate surface area is 189 Å². The Kier molecular flexibility index (Phi) is 5.22. The molecule has 1 aromatic heterocycles. The number of benzene rings is 1. The van der Waals surface area contributed by atoms with Crippen LogP contribution in [0.15, 0.2) is 47.5 Å². The third-order valence-corrected chi connectivity index (χ3v) is 9.01. The molecule has 0 saturated carbocycles. The lowest BCUT2D eigenvalue weighted by Gasteiger charge is -2.32. The molecule has 1 spiro atoms. The number of carbonyl (C=O) groups excluding carboxylic acids is 1. The van der Waals surface area contributed by atoms with Crippen LogP contribution in [-0.2, 0) is 20.2 Å². The number of carbonyl (C=O) groups is 1. The first-order valence-electron chi connectivity index (χ1n) is 11.1. The molecule has 3 aliphatic heterocycles. The van der Waals surface area contributed by atoms with Crippen LogP contribution in [0.3, 0.4) is 0 Å². The van der Waals surface area contributed by atoms with Crippen LogP contribution in [0.2, 0.25) is 0 Å². The van der Waals surface area contributed by atoms with Gasteiger partial charge in [0.1, 0.15) is 5.82 Å². The largest absolute Gasteiger partial charge is 0.342 e. The molecule has 2 saturated heterocycles. The Morgan fingerprint density at radius 1 is 1.03 bits per heavy atom. The van der Waals surface area contributed by atoms with Gasteiger partial charge in [-0.2, -0.15) is 4.31 Å². The summed E-state index contributed by atoms with van der Waals surface area (Å²) in [4.78, 5) is 23.1. The van der Waals surface area contributed by atoms with E-state index in [9.17, 15) is 13.2 Å². The van der Waals surface area contributed by atoms with Gasteiger partial charge in [-0.05, 0) is 49.4 Å². The van der Waals surface area contributed by atoms with Crippen molar-refractivity contribution in [2.45, 2.75) is 23.7 Å². The number of fused-ring (bicyclic) bond motifs is 2. The van der Waals surface area contributed by atoms with Crippen molar-refractivity contribution in [2.24, 2.45) is 0 Å². The lowest BCUT2D eigenvalue weighted by Crippen LogP contribution is -2.47. The number of pyridine rings is 1. The normalized spacial score (nSPS) is 24.3. The lowest BCUT2D eigenvalue weighted by atomic mass is 9.81. The zero-order valence-electron chi connectivity index (χ0n) is 18.6. The quantitative estimate of drug-likeness (QED) is 0.701. The summed E-state index contributed by atoms with van der Waals surface area (Å²) in [5.41, 5.74) is 1.68. The summed E-state index contributed by atoms with van der Waals surface area (Å²) in [6.07, 6.45) is 2.57. The standard InChI is InChI=1S/C23H29N5O3S/c1-18(29)26-10-8-23(16-26)17-28(22-5-3-4-9-24-22)21-7-6-19(15-20(21)23)32(30,31)27-13-11-25(2)12-14-27/h3-7,9,15H,8,10-14,16-17H2,1-2H3. The average Bonchev–Trinajstić information content (AvgIpc) is 3.37. The molecular formula is C23H29N5O3S. The third-order valence-electron chi connectivity index (χ3n) is 7.12. The van der Waals surface area contributed by atoms with Crippen molar-refractivity contribution >= 4 is 27.4 Å². The molecule has 4 heterocycles. The van der Waals surface area contributed by atoms with Gasteiger partial charge in [0, 0.05) is 70.0 Å². The van der Waals surface area contributed by atoms with E-state index in [1.54, 1.807) is 23.5 Å². The minimum absolute atomic E-state index is 0.0564. The van der Waals surface area contributed by atoms with E-state index in [2.05, 4.69) is 14.8 Å². The number of nitrogens with zero attached hydrogens (tertiary/aromatic N) is 5. The number of hydrogen-bond donors (Lipinski definition) is 0. The van der Waals surface area contributed by atoms with Crippen molar-refractivity contribution in [3.05, 3.63) is 48.2 Å². The highest BCUT2D eigenvalue weighted by Crippen LogP contribution is 2.49. The Morgan fingerprint density at radius 3 is 2.47 bits per heavy atom. The number of sulfonamides is 1. The van der Waals surface area contributed by atoms with Crippen LogP contribution < -0.4 is 4.90 Å². The van der Waals surface area contributed by atoms with Crippen molar-refractivity contribution in [1.82, 2.24) is 19.1 Å². The summed E-state index contributed by atoms with van der Waals surface area (Å²) in [5, 5.41) is 0. The van der Waals surface area contributed by atoms with Gasteiger partial charge in [-0.25, -0.2) is 13.4 Å². The van der Waals surface area contributed by atoms with Crippen LogP contribution in [0, 0.1) is 0 Å². The van der Waals surface area contributed by atoms with E-state index in [4.69, 9.17) is 0 Å². The van der Waals surface area contributed by atoms with Crippen molar-refractivity contribution in [3.8, 4) is 0 Å². The van der Waals surface area contributed by atoms with Gasteiger partial charge in [-0.1, -0.05) is 6.07 Å². The van der Waals surface area contributed by atoms with E-state index in [1.807, 2.05) is 42.3 Å². The minimum Gasteiger partial charge on any atom is -0.342 e. The number of likely N-dealkylation sites (N-methyl/N-ethyl adjacent to an activating group) is 1. The van der Waals surface area contributed by atoms with E-state index in [0.717, 1.165) is 36.6 Å². The number of hydrogen-bond acceptors (Lipinski definition) is 6. The van der Waals surface area contributed by atoms with Crippen molar-refractivity contribution in [3.63, 3.8) is 0 Å². The molecule has 2 fully saturated rings. The van der Waals surface area contributed by atoms with Gasteiger partial charge in [-0.15, -0.1) is 0 Å². The second-order valence-electron chi connectivity index (χ2n) is 9.13. The first kappa shape index (κ1) is 21.4. The van der Waals surface area contributed by atoms with Crippen LogP contribution >= 0.6 is 0 Å². The summed E-state index contributed by atoms with van der Waals surface area (Å²) < 4.78 is 28.5. The molecular weight excluding hydrogens is 426 g/mol. The molecule has 1 amide bonds. The molecule has 0 aliphatic carbocycles. The molecule has 0 N–H and O–H groups in total. The maximum atomic E-state index is 13.4. The minimum atomic E-state index is -3.57. The van der Waals surface area contributed by atoms with Crippen LogP contribution in [0.1, 0.15) is 18.9 Å². The smallest absolute Gasteiger partial charge is 0.243 e. The molecule has 2 aromatic rings. The SMILES string of the molecule is CC(=O)N1CCC2(C1)CN(c1ccccn1)c1ccc(S(=O)(=O)N3CCN(C)CC3)cc12. The molecule has 1 aromatic carbocycles. The molecule has 5 rings (SSSR count). The fourth-order valence-corrected chi connectivity index (χ4v) is 6.64. The molecule has 9 heteroatoms. The van der Waals surface area contributed by atoms with Gasteiger partial charge in [0.05, 0.1) is 4.90 Å². The predicted molar refractivity (Wildman–Crippen MR) is 122 cm³/mol. The van der Waals surface area contributed by atoms with Crippen LogP contribution in [0.4, 0.5) is 11.5 Å². The number of anilines is 2. The molecule has 0 radical (unpaired) electrons. The van der Waals surface area contributed by atoms with Gasteiger partial charge in [0.2, 0.25) is 15.9 Å². The summed E-state index contributed by atoms with van der Waals surface area (Å²) in [6, 6.07) is 11.3. The number of likely N-dealkylation sites (tertiary alicyclic amines) is 1. The summed E-state index contributed by atoms with van der Waals surface area (Å²) >= 11 is 0. The van der Waals surface area contributed by atoms with E-state index < -0.39 is 10.0 Å². The fourth-order valence-electron chi connectivity index (χ4n) is 5.19. The number of piperazine rings is 1. The van der Waals surface area contributed by atoms with Crippen molar-refractivity contribution in [1.29, 1.82) is 0 Å². The number of aromatic nitrogens is 1. The first-order valence-corrected chi connectivity index (χ1v) is 12.5. The Morgan fingerprint density at radius 2 is 1.81 bits per heavy atom. The highest BCUT2D eigenvalue weighted by atomic mass is 32.2. The molecule has 32 heavy (non-hydrogen) atoms. The fraction of sp³-hybridized carbons (Fsp3) is 0.478. The van der Waals surface area contributed by atoms with Gasteiger partial charge in [0.15, 0.2) is 0 Å². The van der Waals surface area contributed by atoms with E-state index >= 15 is 0 Å². The highest BCUT2D eigenvalue weighted by molar-refractivity contribution is 7.89. The molecule has 1 atom stereocenters. The van der Waals surface area contributed by atoms with Crippen LogP contribution in [-0.4, -0.2) is 86.3 Å². The lowest BCUT2D eigenvalue weighted by molar-refractivity contribution is -0.127. The average molecular weight is 456 g/mol. The van der Waals surface area contributed by atoms with Gasteiger partial charge >= 0.3 is 0 Å². The predicted octanol–water partition coefficient (Wildman–Crippen LogP) is 1.66. The summed E-state index contributed by atoms with van der Waals surface area (Å²) in [6.45, 7) is 6.01. The van der Waals surface area contributed by atoms with Gasteiger partial charge < -0.3 is 14.7 Å². The van der Waals surface area contributed by atoms with Crippen LogP contribution in [0.25, 0.3) is 0 Å². The Hall–Kier alpha value is -2.49.